The Bertz CT molecular complexity index is 511. The summed E-state index contributed by atoms with van der Waals surface area (Å²) in [5.41, 5.74) is -0.589. The van der Waals surface area contributed by atoms with Crippen molar-refractivity contribution in [1.82, 2.24) is 9.80 Å². The van der Waals surface area contributed by atoms with Crippen LogP contribution in [0.5, 0.6) is 0 Å². The summed E-state index contributed by atoms with van der Waals surface area (Å²) < 4.78 is 37.9. The number of nitrogens with one attached hydrogen (secondary N) is 1. The lowest BCUT2D eigenvalue weighted by Gasteiger charge is -2.33. The Balaban J connectivity index is 1.87. The maximum absolute atomic E-state index is 12.6. The number of likely N-dealkylation sites (N-methyl/N-ethyl adjacent to an activating group) is 1. The number of amides is 1. The van der Waals surface area contributed by atoms with Gasteiger partial charge in [0, 0.05) is 31.9 Å². The van der Waals surface area contributed by atoms with Crippen molar-refractivity contribution in [3.63, 3.8) is 0 Å². The Morgan fingerprint density at radius 3 is 2.41 bits per heavy atom. The Morgan fingerprint density at radius 2 is 1.82 bits per heavy atom. The van der Waals surface area contributed by atoms with E-state index in [2.05, 4.69) is 17.1 Å². The summed E-state index contributed by atoms with van der Waals surface area (Å²) in [6, 6.07) is 4.69. The summed E-state index contributed by atoms with van der Waals surface area (Å²) in [4.78, 5) is 16.2. The summed E-state index contributed by atoms with van der Waals surface area (Å²) in [6.07, 6.45) is -4.41. The molecular weight excluding hydrogens is 295 g/mol. The summed E-state index contributed by atoms with van der Waals surface area (Å²) in [6.45, 7) is 6.70. The third-order valence-electron chi connectivity index (χ3n) is 3.75. The molecule has 1 aliphatic rings. The summed E-state index contributed by atoms with van der Waals surface area (Å²) in [5.74, 6) is -0.288. The van der Waals surface area contributed by atoms with Gasteiger partial charge in [0.2, 0.25) is 5.91 Å². The van der Waals surface area contributed by atoms with Crippen molar-refractivity contribution in [3.8, 4) is 0 Å². The van der Waals surface area contributed by atoms with Crippen LogP contribution in [0.2, 0.25) is 0 Å². The molecule has 122 valence electrons. The first-order chi connectivity index (χ1) is 10.4. The number of piperazine rings is 1. The molecule has 0 aliphatic carbocycles. The van der Waals surface area contributed by atoms with Gasteiger partial charge in [-0.15, -0.1) is 0 Å². The van der Waals surface area contributed by atoms with Gasteiger partial charge in [-0.1, -0.05) is 13.0 Å². The molecule has 0 bridgehead atoms. The van der Waals surface area contributed by atoms with Crippen LogP contribution in [0.1, 0.15) is 12.5 Å². The maximum Gasteiger partial charge on any atom is 0.416 e. The molecule has 1 aromatic carbocycles. The van der Waals surface area contributed by atoms with Crippen LogP contribution in [0.3, 0.4) is 0 Å². The standard InChI is InChI=1S/C15H20F3N3O/c1-2-20-6-8-21(9-7-20)11-14(22)19-13-5-3-4-12(10-13)15(16,17)18/h3-5,10H,2,6-9,11H2,1H3,(H,19,22). The third kappa shape index (κ3) is 4.71. The first kappa shape index (κ1) is 16.8. The largest absolute Gasteiger partial charge is 0.416 e. The van der Waals surface area contributed by atoms with Gasteiger partial charge < -0.3 is 10.2 Å². The summed E-state index contributed by atoms with van der Waals surface area (Å²) in [5, 5.41) is 2.53. The lowest BCUT2D eigenvalue weighted by molar-refractivity contribution is -0.137. The van der Waals surface area contributed by atoms with Gasteiger partial charge in [-0.05, 0) is 24.7 Å². The first-order valence-corrected chi connectivity index (χ1v) is 7.30. The number of alkyl halides is 3. The highest BCUT2D eigenvalue weighted by atomic mass is 19.4. The van der Waals surface area contributed by atoms with Gasteiger partial charge in [0.15, 0.2) is 0 Å². The summed E-state index contributed by atoms with van der Waals surface area (Å²) >= 11 is 0. The van der Waals surface area contributed by atoms with Crippen molar-refractivity contribution < 1.29 is 18.0 Å². The monoisotopic (exact) mass is 315 g/mol. The SMILES string of the molecule is CCN1CCN(CC(=O)Nc2cccc(C(F)(F)F)c2)CC1. The van der Waals surface area contributed by atoms with Crippen LogP contribution in [0.4, 0.5) is 18.9 Å². The fourth-order valence-electron chi connectivity index (χ4n) is 2.44. The molecule has 0 spiro atoms. The molecule has 0 saturated carbocycles. The fourth-order valence-corrected chi connectivity index (χ4v) is 2.44. The average Bonchev–Trinajstić information content (AvgIpc) is 2.47. The minimum absolute atomic E-state index is 0.173. The minimum atomic E-state index is -4.41. The predicted octanol–water partition coefficient (Wildman–Crippen LogP) is 2.28. The fraction of sp³-hybridized carbons (Fsp3) is 0.533. The zero-order valence-corrected chi connectivity index (χ0v) is 12.5. The van der Waals surface area contributed by atoms with E-state index in [1.54, 1.807) is 0 Å². The molecule has 1 aromatic rings. The molecule has 1 heterocycles. The molecule has 0 aromatic heterocycles. The van der Waals surface area contributed by atoms with Crippen molar-refractivity contribution in [2.45, 2.75) is 13.1 Å². The molecule has 0 radical (unpaired) electrons. The van der Waals surface area contributed by atoms with Crippen LogP contribution >= 0.6 is 0 Å². The summed E-state index contributed by atoms with van der Waals surface area (Å²) in [7, 11) is 0. The second-order valence-electron chi connectivity index (χ2n) is 5.34. The smallest absolute Gasteiger partial charge is 0.325 e. The second-order valence-corrected chi connectivity index (χ2v) is 5.34. The van der Waals surface area contributed by atoms with E-state index in [-0.39, 0.29) is 18.1 Å². The zero-order chi connectivity index (χ0) is 16.2. The van der Waals surface area contributed by atoms with E-state index in [1.807, 2.05) is 4.90 Å². The second kappa shape index (κ2) is 7.11. The van der Waals surface area contributed by atoms with Crippen LogP contribution in [0.25, 0.3) is 0 Å². The maximum atomic E-state index is 12.6. The highest BCUT2D eigenvalue weighted by Gasteiger charge is 2.30. The molecule has 1 N–H and O–H groups in total. The van der Waals surface area contributed by atoms with Gasteiger partial charge in [-0.25, -0.2) is 0 Å². The number of carbonyl (C=O) groups is 1. The van der Waals surface area contributed by atoms with Crippen LogP contribution in [0, 0.1) is 0 Å². The Hall–Kier alpha value is -1.60. The Kier molecular flexibility index (Phi) is 5.42. The molecular formula is C15H20F3N3O. The number of halogens is 3. The molecule has 1 saturated heterocycles. The molecule has 2 rings (SSSR count). The third-order valence-corrected chi connectivity index (χ3v) is 3.75. The lowest BCUT2D eigenvalue weighted by atomic mass is 10.2. The van der Waals surface area contributed by atoms with E-state index in [0.717, 1.165) is 44.9 Å². The minimum Gasteiger partial charge on any atom is -0.325 e. The van der Waals surface area contributed by atoms with Gasteiger partial charge in [-0.2, -0.15) is 13.2 Å². The Morgan fingerprint density at radius 1 is 1.18 bits per heavy atom. The van der Waals surface area contributed by atoms with Gasteiger partial charge in [0.05, 0.1) is 12.1 Å². The van der Waals surface area contributed by atoms with Crippen LogP contribution < -0.4 is 5.32 Å². The number of carbonyl (C=O) groups excluding carboxylic acids is 1. The number of hydrogen-bond donors (Lipinski definition) is 1. The zero-order valence-electron chi connectivity index (χ0n) is 12.5. The quantitative estimate of drug-likeness (QED) is 0.926. The Labute approximate surface area is 127 Å². The van der Waals surface area contributed by atoms with Gasteiger partial charge in [0.25, 0.3) is 0 Å². The number of benzene rings is 1. The van der Waals surface area contributed by atoms with Crippen molar-refractivity contribution >= 4 is 11.6 Å². The first-order valence-electron chi connectivity index (χ1n) is 7.30. The highest BCUT2D eigenvalue weighted by Crippen LogP contribution is 2.30. The normalized spacial score (nSPS) is 17.5. The van der Waals surface area contributed by atoms with Gasteiger partial charge in [-0.3, -0.25) is 9.69 Å². The highest BCUT2D eigenvalue weighted by molar-refractivity contribution is 5.92. The van der Waals surface area contributed by atoms with Crippen molar-refractivity contribution in [1.29, 1.82) is 0 Å². The van der Waals surface area contributed by atoms with Crippen molar-refractivity contribution in [2.75, 3.05) is 44.6 Å². The molecule has 1 amide bonds. The van der Waals surface area contributed by atoms with E-state index < -0.39 is 11.7 Å². The molecule has 0 atom stereocenters. The average molecular weight is 315 g/mol. The topological polar surface area (TPSA) is 35.6 Å². The predicted molar refractivity (Wildman–Crippen MR) is 78.6 cm³/mol. The van der Waals surface area contributed by atoms with Crippen molar-refractivity contribution in [2.24, 2.45) is 0 Å². The van der Waals surface area contributed by atoms with E-state index in [0.29, 0.717) is 0 Å². The van der Waals surface area contributed by atoms with E-state index in [1.165, 1.54) is 12.1 Å². The van der Waals surface area contributed by atoms with E-state index in [9.17, 15) is 18.0 Å². The van der Waals surface area contributed by atoms with Gasteiger partial charge in [0.1, 0.15) is 0 Å². The molecule has 1 aliphatic heterocycles. The van der Waals surface area contributed by atoms with Crippen LogP contribution in [0.15, 0.2) is 24.3 Å². The van der Waals surface area contributed by atoms with Gasteiger partial charge >= 0.3 is 6.18 Å². The molecule has 7 heteroatoms. The van der Waals surface area contributed by atoms with Crippen LogP contribution in [-0.4, -0.2) is 55.0 Å². The molecule has 22 heavy (non-hydrogen) atoms. The van der Waals surface area contributed by atoms with Crippen LogP contribution in [-0.2, 0) is 11.0 Å². The van der Waals surface area contributed by atoms with Crippen molar-refractivity contribution in [3.05, 3.63) is 29.8 Å². The molecule has 4 nitrogen and oxygen atoms in total. The number of rotatable bonds is 4. The van der Waals surface area contributed by atoms with E-state index >= 15 is 0 Å². The number of hydrogen-bond acceptors (Lipinski definition) is 3. The molecule has 1 fully saturated rings. The molecule has 0 unspecified atom stereocenters. The number of anilines is 1. The van der Waals surface area contributed by atoms with E-state index in [4.69, 9.17) is 0 Å². The lowest BCUT2D eigenvalue weighted by Crippen LogP contribution is -2.48. The number of nitrogens with zero attached hydrogens (tertiary/aromatic N) is 2.